The first kappa shape index (κ1) is 13.2. The van der Waals surface area contributed by atoms with E-state index in [1.807, 2.05) is 6.92 Å². The molecule has 3 N–H and O–H groups in total. The summed E-state index contributed by atoms with van der Waals surface area (Å²) in [4.78, 5) is 8.44. The molecule has 0 radical (unpaired) electrons. The maximum Gasteiger partial charge on any atom is 0.180 e. The zero-order valence-corrected chi connectivity index (χ0v) is 12.0. The monoisotopic (exact) mass is 282 g/mol. The quantitative estimate of drug-likeness (QED) is 0.504. The van der Waals surface area contributed by atoms with E-state index < -0.39 is 0 Å². The highest BCUT2D eigenvalue weighted by Crippen LogP contribution is 2.36. The van der Waals surface area contributed by atoms with Crippen LogP contribution in [0.5, 0.6) is 0 Å². The summed E-state index contributed by atoms with van der Waals surface area (Å²) in [5, 5.41) is 9.88. The lowest BCUT2D eigenvalue weighted by molar-refractivity contribution is 0.803. The van der Waals surface area contributed by atoms with Crippen molar-refractivity contribution in [3.8, 4) is 0 Å². The summed E-state index contributed by atoms with van der Waals surface area (Å²) in [5.74, 6) is 6.41. The molecule has 0 aromatic carbocycles. The molecule has 0 bridgehead atoms. The van der Waals surface area contributed by atoms with Crippen molar-refractivity contribution in [2.75, 3.05) is 5.43 Å². The van der Waals surface area contributed by atoms with Gasteiger partial charge in [-0.1, -0.05) is 25.2 Å². The molecular formula is C10H14N6S2. The van der Waals surface area contributed by atoms with E-state index in [-0.39, 0.29) is 5.92 Å². The number of nitrogen functional groups attached to an aromatic ring is 1. The fourth-order valence-electron chi connectivity index (χ4n) is 1.50. The van der Waals surface area contributed by atoms with E-state index in [1.54, 1.807) is 11.3 Å². The minimum Gasteiger partial charge on any atom is -0.308 e. The van der Waals surface area contributed by atoms with E-state index in [0.29, 0.717) is 5.82 Å². The zero-order chi connectivity index (χ0) is 13.1. The van der Waals surface area contributed by atoms with E-state index in [0.717, 1.165) is 19.9 Å². The average molecular weight is 282 g/mol. The third-order valence-electron chi connectivity index (χ3n) is 2.25. The molecule has 0 aliphatic heterocycles. The first-order valence-corrected chi connectivity index (χ1v) is 7.04. The van der Waals surface area contributed by atoms with Gasteiger partial charge < -0.3 is 5.43 Å². The molecule has 0 spiro atoms. The number of aromatic nitrogens is 4. The fraction of sp³-hybridized carbons (Fsp3) is 0.400. The lowest BCUT2D eigenvalue weighted by Gasteiger charge is -2.13. The van der Waals surface area contributed by atoms with Crippen LogP contribution >= 0.6 is 23.1 Å². The highest BCUT2D eigenvalue weighted by Gasteiger charge is 2.16. The second-order valence-electron chi connectivity index (χ2n) is 3.93. The van der Waals surface area contributed by atoms with E-state index >= 15 is 0 Å². The Labute approximate surface area is 113 Å². The lowest BCUT2D eigenvalue weighted by atomic mass is 10.1. The maximum atomic E-state index is 5.48. The van der Waals surface area contributed by atoms with Crippen LogP contribution in [-0.2, 0) is 0 Å². The number of nitrogens with zero attached hydrogens (tertiary/aromatic N) is 4. The topological polar surface area (TPSA) is 89.6 Å². The Kier molecular flexibility index (Phi) is 4.10. The van der Waals surface area contributed by atoms with Gasteiger partial charge in [0.2, 0.25) is 0 Å². The van der Waals surface area contributed by atoms with Crippen molar-refractivity contribution in [1.82, 2.24) is 20.2 Å². The minimum atomic E-state index is 0.272. The first-order valence-electron chi connectivity index (χ1n) is 5.41. The zero-order valence-electron chi connectivity index (χ0n) is 10.3. The number of hydrogen-bond donors (Lipinski definition) is 2. The van der Waals surface area contributed by atoms with Gasteiger partial charge in [0, 0.05) is 5.56 Å². The van der Waals surface area contributed by atoms with Crippen LogP contribution in [0, 0.1) is 6.92 Å². The molecule has 2 aromatic rings. The first-order chi connectivity index (χ1) is 8.61. The Hall–Kier alpha value is -1.25. The molecular weight excluding hydrogens is 268 g/mol. The van der Waals surface area contributed by atoms with Crippen molar-refractivity contribution >= 4 is 28.9 Å². The van der Waals surface area contributed by atoms with Crippen molar-refractivity contribution in [1.29, 1.82) is 0 Å². The third-order valence-corrected chi connectivity index (χ3v) is 4.16. The summed E-state index contributed by atoms with van der Waals surface area (Å²) >= 11 is 3.04. The molecule has 2 rings (SSSR count). The Morgan fingerprint density at radius 2 is 2.11 bits per heavy atom. The second kappa shape index (κ2) is 5.59. The van der Waals surface area contributed by atoms with Crippen LogP contribution in [0.3, 0.4) is 0 Å². The number of nitrogens with two attached hydrogens (primary N) is 1. The van der Waals surface area contributed by atoms with E-state index in [1.165, 1.54) is 18.1 Å². The van der Waals surface area contributed by atoms with Gasteiger partial charge in [-0.25, -0.2) is 15.8 Å². The van der Waals surface area contributed by atoms with Crippen molar-refractivity contribution in [3.63, 3.8) is 0 Å². The third kappa shape index (κ3) is 2.77. The summed E-state index contributed by atoms with van der Waals surface area (Å²) < 4.78 is 0.871. The molecule has 0 aliphatic carbocycles. The maximum absolute atomic E-state index is 5.48. The molecule has 0 saturated heterocycles. The van der Waals surface area contributed by atoms with Crippen LogP contribution in [-0.4, -0.2) is 20.2 Å². The van der Waals surface area contributed by atoms with Crippen LogP contribution in [0.4, 0.5) is 5.82 Å². The molecule has 6 nitrogen and oxygen atoms in total. The number of rotatable bonds is 4. The van der Waals surface area contributed by atoms with Gasteiger partial charge in [-0.15, -0.1) is 10.2 Å². The van der Waals surface area contributed by atoms with E-state index in [9.17, 15) is 0 Å². The highest BCUT2D eigenvalue weighted by molar-refractivity contribution is 8.01. The van der Waals surface area contributed by atoms with Gasteiger partial charge in [-0.05, 0) is 24.6 Å². The van der Waals surface area contributed by atoms with Crippen LogP contribution < -0.4 is 11.3 Å². The van der Waals surface area contributed by atoms with Crippen molar-refractivity contribution < 1.29 is 0 Å². The Balaban J connectivity index is 2.37. The number of aryl methyl sites for hydroxylation is 1. The van der Waals surface area contributed by atoms with Gasteiger partial charge in [-0.3, -0.25) is 0 Å². The molecule has 18 heavy (non-hydrogen) atoms. The number of hydrazine groups is 1. The van der Waals surface area contributed by atoms with E-state index in [2.05, 4.69) is 39.4 Å². The van der Waals surface area contributed by atoms with Crippen LogP contribution in [0.25, 0.3) is 0 Å². The Morgan fingerprint density at radius 1 is 1.33 bits per heavy atom. The molecule has 0 amide bonds. The number of hydrogen-bond acceptors (Lipinski definition) is 8. The number of anilines is 1. The van der Waals surface area contributed by atoms with Crippen molar-refractivity contribution in [3.05, 3.63) is 16.9 Å². The van der Waals surface area contributed by atoms with Gasteiger partial charge >= 0.3 is 0 Å². The summed E-state index contributed by atoms with van der Waals surface area (Å²) in [5.41, 5.74) is 3.61. The second-order valence-corrected chi connectivity index (χ2v) is 6.35. The van der Waals surface area contributed by atoms with Crippen LogP contribution in [0.1, 0.15) is 30.3 Å². The van der Waals surface area contributed by atoms with Crippen molar-refractivity contribution in [2.45, 2.75) is 36.1 Å². The van der Waals surface area contributed by atoms with Crippen molar-refractivity contribution in [2.24, 2.45) is 5.84 Å². The predicted octanol–water partition coefficient (Wildman–Crippen LogP) is 2.20. The summed E-state index contributed by atoms with van der Waals surface area (Å²) in [6, 6.07) is 0. The van der Waals surface area contributed by atoms with Gasteiger partial charge in [0.15, 0.2) is 4.34 Å². The molecule has 0 saturated carbocycles. The van der Waals surface area contributed by atoms with E-state index in [4.69, 9.17) is 5.84 Å². The fourth-order valence-corrected chi connectivity index (χ4v) is 3.47. The molecule has 96 valence electrons. The molecule has 2 heterocycles. The largest absolute Gasteiger partial charge is 0.308 e. The van der Waals surface area contributed by atoms with Gasteiger partial charge in [0.1, 0.15) is 22.2 Å². The molecule has 0 fully saturated rings. The summed E-state index contributed by atoms with van der Waals surface area (Å²) in [6.45, 7) is 6.09. The standard InChI is InChI=1S/C10H14N6S2/c1-5(2)7-8(14-11)12-4-13-9(7)18-10-16-15-6(3)17-10/h4-5H,11H2,1-3H3,(H,12,13,14). The Morgan fingerprint density at radius 3 is 2.67 bits per heavy atom. The molecule has 2 aromatic heterocycles. The smallest absolute Gasteiger partial charge is 0.180 e. The van der Waals surface area contributed by atoms with Crippen LogP contribution in [0.15, 0.2) is 15.7 Å². The van der Waals surface area contributed by atoms with Crippen LogP contribution in [0.2, 0.25) is 0 Å². The number of nitrogens with one attached hydrogen (secondary N) is 1. The Bertz CT molecular complexity index is 539. The molecule has 8 heteroatoms. The molecule has 0 atom stereocenters. The summed E-state index contributed by atoms with van der Waals surface area (Å²) in [6.07, 6.45) is 1.50. The summed E-state index contributed by atoms with van der Waals surface area (Å²) in [7, 11) is 0. The molecule has 0 aliphatic rings. The lowest BCUT2D eigenvalue weighted by Crippen LogP contribution is -2.13. The van der Waals surface area contributed by atoms with Gasteiger partial charge in [0.05, 0.1) is 0 Å². The normalized spacial score (nSPS) is 10.9. The predicted molar refractivity (Wildman–Crippen MR) is 72.7 cm³/mol. The van der Waals surface area contributed by atoms with Gasteiger partial charge in [-0.2, -0.15) is 0 Å². The average Bonchev–Trinajstić information content (AvgIpc) is 2.74. The highest BCUT2D eigenvalue weighted by atomic mass is 32.2. The molecule has 0 unspecified atom stereocenters. The SMILES string of the molecule is Cc1nnc(Sc2ncnc(NN)c2C(C)C)s1. The minimum absolute atomic E-state index is 0.272. The van der Waals surface area contributed by atoms with Gasteiger partial charge in [0.25, 0.3) is 0 Å².